The molecule has 0 radical (unpaired) electrons. The molecule has 1 atom stereocenters. The molecule has 118 valence electrons. The van der Waals surface area contributed by atoms with Gasteiger partial charge in [-0.15, -0.1) is 0 Å². The first-order chi connectivity index (χ1) is 10.6. The molecule has 0 fully saturated rings. The molecule has 4 nitrogen and oxygen atoms in total. The average molecular weight is 303 g/mol. The first kappa shape index (κ1) is 16.4. The van der Waals surface area contributed by atoms with Crippen molar-refractivity contribution in [2.45, 2.75) is 12.5 Å². The topological polar surface area (TPSA) is 48.4 Å². The zero-order chi connectivity index (χ0) is 15.9. The predicted octanol–water partition coefficient (Wildman–Crippen LogP) is 2.67. The third kappa shape index (κ3) is 4.51. The molecule has 0 amide bonds. The quantitative estimate of drug-likeness (QED) is 0.772. The Morgan fingerprint density at radius 3 is 2.77 bits per heavy atom. The van der Waals surface area contributed by atoms with Crippen LogP contribution in [0.2, 0.25) is 0 Å². The zero-order valence-electron chi connectivity index (χ0n) is 13.0. The Labute approximate surface area is 130 Å². The number of aliphatic hydroxyl groups is 1. The molecule has 1 unspecified atom stereocenters. The van der Waals surface area contributed by atoms with Gasteiger partial charge in [-0.05, 0) is 50.8 Å². The second-order valence-electron chi connectivity index (χ2n) is 5.48. The molecule has 22 heavy (non-hydrogen) atoms. The number of anilines is 1. The van der Waals surface area contributed by atoms with Gasteiger partial charge >= 0.3 is 0 Å². The van der Waals surface area contributed by atoms with Gasteiger partial charge in [-0.3, -0.25) is 0 Å². The van der Waals surface area contributed by atoms with Crippen molar-refractivity contribution in [3.05, 3.63) is 59.5 Å². The molecule has 0 aliphatic rings. The van der Waals surface area contributed by atoms with E-state index in [0.717, 1.165) is 19.5 Å². The molecule has 0 spiro atoms. The minimum atomic E-state index is -0.994. The Balaban J connectivity index is 2.03. The number of pyridine rings is 1. The summed E-state index contributed by atoms with van der Waals surface area (Å²) in [6.07, 6.45) is 1.62. The van der Waals surface area contributed by atoms with E-state index in [2.05, 4.69) is 15.2 Å². The lowest BCUT2D eigenvalue weighted by atomic mass is 10.0. The smallest absolute Gasteiger partial charge is 0.129 e. The fourth-order valence-electron chi connectivity index (χ4n) is 2.20. The second-order valence-corrected chi connectivity index (χ2v) is 5.48. The van der Waals surface area contributed by atoms with Gasteiger partial charge in [-0.2, -0.15) is 0 Å². The molecule has 1 aromatic heterocycles. The van der Waals surface area contributed by atoms with E-state index in [-0.39, 0.29) is 5.56 Å². The van der Waals surface area contributed by atoms with Crippen molar-refractivity contribution < 1.29 is 9.50 Å². The van der Waals surface area contributed by atoms with Crippen LogP contribution in [0.5, 0.6) is 0 Å². The van der Waals surface area contributed by atoms with E-state index >= 15 is 0 Å². The van der Waals surface area contributed by atoms with Gasteiger partial charge in [0, 0.05) is 18.3 Å². The lowest BCUT2D eigenvalue weighted by molar-refractivity contribution is 0.215. The summed E-state index contributed by atoms with van der Waals surface area (Å²) in [5, 5.41) is 13.6. The van der Waals surface area contributed by atoms with Crippen LogP contribution in [0.15, 0.2) is 42.6 Å². The minimum Gasteiger partial charge on any atom is -0.384 e. The second kappa shape index (κ2) is 7.87. The highest BCUT2D eigenvalue weighted by molar-refractivity contribution is 5.41. The largest absolute Gasteiger partial charge is 0.384 e. The SMILES string of the molecule is CN(C)CCCNc1cc(C(O)c2ccccc2F)ccn1. The number of nitrogens with zero attached hydrogens (tertiary/aromatic N) is 2. The number of aromatic nitrogens is 1. The van der Waals surface area contributed by atoms with Crippen molar-refractivity contribution in [1.29, 1.82) is 0 Å². The molecule has 0 saturated heterocycles. The highest BCUT2D eigenvalue weighted by Crippen LogP contribution is 2.25. The van der Waals surface area contributed by atoms with Gasteiger partial charge < -0.3 is 15.3 Å². The Morgan fingerprint density at radius 2 is 2.05 bits per heavy atom. The summed E-state index contributed by atoms with van der Waals surface area (Å²) in [5.74, 6) is 0.277. The van der Waals surface area contributed by atoms with E-state index < -0.39 is 11.9 Å². The van der Waals surface area contributed by atoms with Crippen LogP contribution in [0.4, 0.5) is 10.2 Å². The first-order valence-electron chi connectivity index (χ1n) is 7.35. The molecule has 0 aliphatic heterocycles. The Bertz CT molecular complexity index is 604. The van der Waals surface area contributed by atoms with Gasteiger partial charge in [0.05, 0.1) is 0 Å². The van der Waals surface area contributed by atoms with Crippen LogP contribution >= 0.6 is 0 Å². The Morgan fingerprint density at radius 1 is 1.27 bits per heavy atom. The predicted molar refractivity (Wildman–Crippen MR) is 86.4 cm³/mol. The maximum atomic E-state index is 13.8. The molecule has 0 aliphatic carbocycles. The molecule has 0 bridgehead atoms. The number of hydrogen-bond acceptors (Lipinski definition) is 4. The lowest BCUT2D eigenvalue weighted by Gasteiger charge is -2.14. The van der Waals surface area contributed by atoms with Crippen LogP contribution < -0.4 is 5.32 Å². The standard InChI is InChI=1S/C17H22FN3O/c1-21(2)11-5-9-19-16-12-13(8-10-20-16)17(22)14-6-3-4-7-15(14)18/h3-4,6-8,10,12,17,22H,5,9,11H2,1-2H3,(H,19,20). The summed E-state index contributed by atoms with van der Waals surface area (Å²) in [4.78, 5) is 6.34. The maximum Gasteiger partial charge on any atom is 0.129 e. The highest BCUT2D eigenvalue weighted by atomic mass is 19.1. The molecule has 0 saturated carbocycles. The van der Waals surface area contributed by atoms with E-state index in [1.807, 2.05) is 14.1 Å². The minimum absolute atomic E-state index is 0.271. The van der Waals surface area contributed by atoms with Gasteiger partial charge in [-0.25, -0.2) is 9.37 Å². The van der Waals surface area contributed by atoms with Crippen LogP contribution in [-0.4, -0.2) is 42.2 Å². The van der Waals surface area contributed by atoms with Crippen molar-refractivity contribution in [2.75, 3.05) is 32.5 Å². The third-order valence-electron chi connectivity index (χ3n) is 3.39. The molecule has 1 aromatic carbocycles. The lowest BCUT2D eigenvalue weighted by Crippen LogP contribution is -2.16. The van der Waals surface area contributed by atoms with Crippen molar-refractivity contribution in [3.63, 3.8) is 0 Å². The monoisotopic (exact) mass is 303 g/mol. The summed E-state index contributed by atoms with van der Waals surface area (Å²) in [6.45, 7) is 1.79. The fourth-order valence-corrected chi connectivity index (χ4v) is 2.20. The summed E-state index contributed by atoms with van der Waals surface area (Å²) in [6, 6.07) is 9.71. The van der Waals surface area contributed by atoms with Crippen LogP contribution in [0.1, 0.15) is 23.7 Å². The van der Waals surface area contributed by atoms with Crippen LogP contribution in [0, 0.1) is 5.82 Å². The van der Waals surface area contributed by atoms with Crippen molar-refractivity contribution in [2.24, 2.45) is 0 Å². The molecular formula is C17H22FN3O. The van der Waals surface area contributed by atoms with Gasteiger partial charge in [0.15, 0.2) is 0 Å². The number of rotatable bonds is 7. The molecule has 5 heteroatoms. The number of hydrogen-bond donors (Lipinski definition) is 2. The molecule has 2 aromatic rings. The van der Waals surface area contributed by atoms with E-state index in [9.17, 15) is 9.50 Å². The number of halogens is 1. The van der Waals surface area contributed by atoms with Crippen molar-refractivity contribution in [1.82, 2.24) is 9.88 Å². The van der Waals surface area contributed by atoms with Crippen LogP contribution in [0.3, 0.4) is 0 Å². The third-order valence-corrected chi connectivity index (χ3v) is 3.39. The van der Waals surface area contributed by atoms with Gasteiger partial charge in [-0.1, -0.05) is 18.2 Å². The van der Waals surface area contributed by atoms with Crippen LogP contribution in [0.25, 0.3) is 0 Å². The van der Waals surface area contributed by atoms with E-state index in [4.69, 9.17) is 0 Å². The Hall–Kier alpha value is -1.98. The average Bonchev–Trinajstić information content (AvgIpc) is 2.51. The maximum absolute atomic E-state index is 13.8. The van der Waals surface area contributed by atoms with Crippen molar-refractivity contribution in [3.8, 4) is 0 Å². The number of nitrogens with one attached hydrogen (secondary N) is 1. The van der Waals surface area contributed by atoms with Gasteiger partial charge in [0.2, 0.25) is 0 Å². The molecule has 2 rings (SSSR count). The van der Waals surface area contributed by atoms with E-state index in [1.54, 1.807) is 36.5 Å². The number of benzene rings is 1. The molecule has 1 heterocycles. The van der Waals surface area contributed by atoms with E-state index in [0.29, 0.717) is 11.4 Å². The van der Waals surface area contributed by atoms with Crippen molar-refractivity contribution >= 4 is 5.82 Å². The summed E-state index contributed by atoms with van der Waals surface area (Å²) in [5.41, 5.74) is 0.891. The zero-order valence-corrected chi connectivity index (χ0v) is 13.0. The molecular weight excluding hydrogens is 281 g/mol. The Kier molecular flexibility index (Phi) is 5.86. The highest BCUT2D eigenvalue weighted by Gasteiger charge is 2.14. The first-order valence-corrected chi connectivity index (χ1v) is 7.35. The van der Waals surface area contributed by atoms with Gasteiger partial charge in [0.1, 0.15) is 17.7 Å². The number of aliphatic hydroxyl groups excluding tert-OH is 1. The summed E-state index contributed by atoms with van der Waals surface area (Å²) >= 11 is 0. The van der Waals surface area contributed by atoms with E-state index in [1.165, 1.54) is 6.07 Å². The van der Waals surface area contributed by atoms with Crippen LogP contribution in [-0.2, 0) is 0 Å². The fraction of sp³-hybridized carbons (Fsp3) is 0.353. The summed E-state index contributed by atoms with van der Waals surface area (Å²) < 4.78 is 13.8. The normalized spacial score (nSPS) is 12.4. The molecule has 2 N–H and O–H groups in total. The summed E-state index contributed by atoms with van der Waals surface area (Å²) in [7, 11) is 4.06. The van der Waals surface area contributed by atoms with Gasteiger partial charge in [0.25, 0.3) is 0 Å².